The van der Waals surface area contributed by atoms with Gasteiger partial charge in [-0.05, 0) is 41.1 Å². The number of aromatic nitrogens is 3. The number of carbonyl (C=O) groups excluding carboxylic acids is 1. The molecule has 4 aromatic heterocycles. The largest absolute Gasteiger partial charge is 0.298 e. The number of thiazole rings is 1. The van der Waals surface area contributed by atoms with Gasteiger partial charge in [-0.25, -0.2) is 15.0 Å². The molecular formula is C20H12N4OS3. The van der Waals surface area contributed by atoms with Gasteiger partial charge in [-0.15, -0.1) is 34.0 Å². The molecule has 0 fully saturated rings. The van der Waals surface area contributed by atoms with Crippen LogP contribution in [-0.2, 0) is 0 Å². The normalized spacial score (nSPS) is 11.0. The third kappa shape index (κ3) is 3.22. The minimum absolute atomic E-state index is 0.210. The van der Waals surface area contributed by atoms with Gasteiger partial charge in [0.15, 0.2) is 5.13 Å². The van der Waals surface area contributed by atoms with Gasteiger partial charge >= 0.3 is 0 Å². The molecule has 136 valence electrons. The average molecular weight is 421 g/mol. The van der Waals surface area contributed by atoms with Gasteiger partial charge in [0.2, 0.25) is 0 Å². The molecule has 0 aliphatic carbocycles. The average Bonchev–Trinajstić information content (AvgIpc) is 3.50. The number of nitrogens with one attached hydrogen (secondary N) is 1. The summed E-state index contributed by atoms with van der Waals surface area (Å²) in [5, 5.41) is 9.25. The molecule has 0 aliphatic heterocycles. The van der Waals surface area contributed by atoms with Crippen molar-refractivity contribution in [1.82, 2.24) is 15.0 Å². The molecule has 28 heavy (non-hydrogen) atoms. The molecule has 0 unspecified atom stereocenters. The third-order valence-corrected chi connectivity index (χ3v) is 6.53. The number of carbonyl (C=O) groups is 1. The van der Waals surface area contributed by atoms with Crippen LogP contribution >= 0.6 is 34.0 Å². The fourth-order valence-electron chi connectivity index (χ4n) is 2.82. The van der Waals surface area contributed by atoms with Gasteiger partial charge in [0.05, 0.1) is 20.8 Å². The van der Waals surface area contributed by atoms with Crippen LogP contribution in [0.2, 0.25) is 0 Å². The Morgan fingerprint density at radius 2 is 1.54 bits per heavy atom. The highest BCUT2D eigenvalue weighted by Gasteiger charge is 2.16. The minimum atomic E-state index is -0.210. The monoisotopic (exact) mass is 420 g/mol. The maximum Gasteiger partial charge on any atom is 0.257 e. The highest BCUT2D eigenvalue weighted by Crippen LogP contribution is 2.35. The van der Waals surface area contributed by atoms with Crippen LogP contribution in [0.15, 0.2) is 64.8 Å². The van der Waals surface area contributed by atoms with Crippen LogP contribution in [0.25, 0.3) is 32.2 Å². The number of nitrogens with zero attached hydrogens (tertiary/aromatic N) is 3. The van der Waals surface area contributed by atoms with Crippen LogP contribution in [0, 0.1) is 0 Å². The van der Waals surface area contributed by atoms with E-state index in [2.05, 4.69) is 10.3 Å². The van der Waals surface area contributed by atoms with Crippen LogP contribution in [0.1, 0.15) is 10.4 Å². The van der Waals surface area contributed by atoms with Gasteiger partial charge in [-0.3, -0.25) is 10.1 Å². The highest BCUT2D eigenvalue weighted by atomic mass is 32.1. The molecule has 0 atom stereocenters. The maximum absolute atomic E-state index is 12.5. The Morgan fingerprint density at radius 1 is 0.821 bits per heavy atom. The molecule has 1 aromatic carbocycles. The van der Waals surface area contributed by atoms with E-state index in [0.717, 1.165) is 26.7 Å². The summed E-state index contributed by atoms with van der Waals surface area (Å²) in [6.07, 6.45) is 1.66. The van der Waals surface area contributed by atoms with Crippen molar-refractivity contribution in [2.75, 3.05) is 5.32 Å². The zero-order chi connectivity index (χ0) is 18.9. The second-order valence-corrected chi connectivity index (χ2v) is 8.66. The second-order valence-electron chi connectivity index (χ2n) is 5.87. The van der Waals surface area contributed by atoms with Crippen LogP contribution in [0.5, 0.6) is 0 Å². The molecule has 0 spiro atoms. The van der Waals surface area contributed by atoms with Gasteiger partial charge in [-0.2, -0.15) is 0 Å². The molecule has 0 saturated carbocycles. The molecule has 5 nitrogen and oxygen atoms in total. The molecule has 8 heteroatoms. The lowest BCUT2D eigenvalue weighted by Crippen LogP contribution is -2.11. The standard InChI is InChI=1S/C20H12N4OS3/c25-19(24-20-21-7-10-28-20)12-5-6-13-14(11-12)23-18(16-4-2-9-27-16)17(22-13)15-3-1-8-26-15/h1-11H,(H,21,24,25). The number of amides is 1. The van der Waals surface area contributed by atoms with E-state index in [0.29, 0.717) is 16.2 Å². The predicted octanol–water partition coefficient (Wildman–Crippen LogP) is 5.80. The number of fused-ring (bicyclic) bond motifs is 1. The van der Waals surface area contributed by atoms with Crippen molar-refractivity contribution in [2.24, 2.45) is 0 Å². The fourth-order valence-corrected chi connectivity index (χ4v) is 4.77. The summed E-state index contributed by atoms with van der Waals surface area (Å²) in [6.45, 7) is 0. The molecule has 5 aromatic rings. The van der Waals surface area contributed by atoms with Crippen molar-refractivity contribution in [2.45, 2.75) is 0 Å². The molecule has 1 N–H and O–H groups in total. The van der Waals surface area contributed by atoms with E-state index in [4.69, 9.17) is 9.97 Å². The SMILES string of the molecule is O=C(Nc1nccs1)c1ccc2nc(-c3cccs3)c(-c3cccs3)nc2c1. The summed E-state index contributed by atoms with van der Waals surface area (Å²) in [5.74, 6) is -0.210. The van der Waals surface area contributed by atoms with E-state index in [-0.39, 0.29) is 5.91 Å². The van der Waals surface area contributed by atoms with E-state index in [9.17, 15) is 4.79 Å². The van der Waals surface area contributed by atoms with Crippen molar-refractivity contribution in [1.29, 1.82) is 0 Å². The summed E-state index contributed by atoms with van der Waals surface area (Å²) >= 11 is 4.65. The van der Waals surface area contributed by atoms with Gasteiger partial charge in [0.25, 0.3) is 5.91 Å². The highest BCUT2D eigenvalue weighted by molar-refractivity contribution is 7.14. The zero-order valence-electron chi connectivity index (χ0n) is 14.3. The first-order valence-corrected chi connectivity index (χ1v) is 11.0. The lowest BCUT2D eigenvalue weighted by atomic mass is 10.1. The first kappa shape index (κ1) is 17.2. The Balaban J connectivity index is 1.61. The topological polar surface area (TPSA) is 67.8 Å². The molecule has 0 saturated heterocycles. The van der Waals surface area contributed by atoms with Gasteiger partial charge in [0, 0.05) is 17.1 Å². The molecule has 0 radical (unpaired) electrons. The minimum Gasteiger partial charge on any atom is -0.298 e. The molecular weight excluding hydrogens is 408 g/mol. The molecule has 0 aliphatic rings. The van der Waals surface area contributed by atoms with Crippen molar-refractivity contribution in [3.8, 4) is 21.1 Å². The first-order valence-electron chi connectivity index (χ1n) is 8.38. The number of thiophene rings is 2. The molecule has 5 rings (SSSR count). The Bertz CT molecular complexity index is 1250. The summed E-state index contributed by atoms with van der Waals surface area (Å²) in [5.41, 5.74) is 3.68. The molecule has 0 bridgehead atoms. The summed E-state index contributed by atoms with van der Waals surface area (Å²) in [6, 6.07) is 13.5. The Hall–Kier alpha value is -2.94. The maximum atomic E-state index is 12.5. The van der Waals surface area contributed by atoms with E-state index < -0.39 is 0 Å². The van der Waals surface area contributed by atoms with Crippen molar-refractivity contribution < 1.29 is 4.79 Å². The number of anilines is 1. The first-order chi connectivity index (χ1) is 13.8. The smallest absolute Gasteiger partial charge is 0.257 e. The molecule has 1 amide bonds. The summed E-state index contributed by atoms with van der Waals surface area (Å²) in [7, 11) is 0. The van der Waals surface area contributed by atoms with Crippen molar-refractivity contribution in [3.05, 3.63) is 70.4 Å². The quantitative estimate of drug-likeness (QED) is 0.399. The van der Waals surface area contributed by atoms with E-state index >= 15 is 0 Å². The third-order valence-electron chi connectivity index (χ3n) is 4.09. The zero-order valence-corrected chi connectivity index (χ0v) is 16.8. The van der Waals surface area contributed by atoms with Crippen LogP contribution in [0.3, 0.4) is 0 Å². The van der Waals surface area contributed by atoms with Gasteiger partial charge < -0.3 is 0 Å². The number of hydrogen-bond acceptors (Lipinski definition) is 7. The number of rotatable bonds is 4. The predicted molar refractivity (Wildman–Crippen MR) is 116 cm³/mol. The van der Waals surface area contributed by atoms with E-state index in [1.165, 1.54) is 11.3 Å². The van der Waals surface area contributed by atoms with Crippen molar-refractivity contribution >= 4 is 56.1 Å². The summed E-state index contributed by atoms with van der Waals surface area (Å²) in [4.78, 5) is 28.5. The number of hydrogen-bond donors (Lipinski definition) is 1. The lowest BCUT2D eigenvalue weighted by molar-refractivity contribution is 0.102. The Morgan fingerprint density at radius 3 is 2.14 bits per heavy atom. The van der Waals surface area contributed by atoms with E-state index in [1.807, 2.05) is 46.5 Å². The van der Waals surface area contributed by atoms with Crippen molar-refractivity contribution in [3.63, 3.8) is 0 Å². The van der Waals surface area contributed by atoms with Gasteiger partial charge in [-0.1, -0.05) is 12.1 Å². The Labute approximate surface area is 172 Å². The number of benzene rings is 1. The molecule has 4 heterocycles. The van der Waals surface area contributed by atoms with Crippen LogP contribution in [-0.4, -0.2) is 20.9 Å². The van der Waals surface area contributed by atoms with Crippen LogP contribution < -0.4 is 5.32 Å². The second kappa shape index (κ2) is 7.23. The lowest BCUT2D eigenvalue weighted by Gasteiger charge is -2.09. The van der Waals surface area contributed by atoms with Gasteiger partial charge in [0.1, 0.15) is 11.4 Å². The Kier molecular flexibility index (Phi) is 4.44. The summed E-state index contributed by atoms with van der Waals surface area (Å²) < 4.78 is 0. The van der Waals surface area contributed by atoms with E-state index in [1.54, 1.807) is 41.0 Å². The fraction of sp³-hybridized carbons (Fsp3) is 0. The van der Waals surface area contributed by atoms with Crippen LogP contribution in [0.4, 0.5) is 5.13 Å².